The summed E-state index contributed by atoms with van der Waals surface area (Å²) < 4.78 is 0. The van der Waals surface area contributed by atoms with Crippen molar-refractivity contribution in [2.45, 2.75) is 58.4 Å². The molecule has 3 unspecified atom stereocenters. The molecule has 3 atom stereocenters. The van der Waals surface area contributed by atoms with E-state index in [9.17, 15) is 0 Å². The van der Waals surface area contributed by atoms with Gasteiger partial charge in [0.15, 0.2) is 0 Å². The molecule has 3 aliphatic carbocycles. The van der Waals surface area contributed by atoms with Crippen LogP contribution in [0.25, 0.3) is 0 Å². The van der Waals surface area contributed by atoms with E-state index in [4.69, 9.17) is 5.73 Å². The molecule has 0 spiro atoms. The minimum atomic E-state index is 0.0777. The van der Waals surface area contributed by atoms with Gasteiger partial charge in [-0.1, -0.05) is 32.9 Å². The van der Waals surface area contributed by atoms with Crippen LogP contribution in [0.1, 0.15) is 52.9 Å². The Hall–Kier alpha value is -0.300. The standard InChI is InChI=1S/C15H25N/c1-13(2)11-4-6-14(3,10-11)12(13)5-7-15(16)8-9-15/h5,7,11-12H,4,6,8-10,16H2,1-3H3. The second kappa shape index (κ2) is 2.93. The summed E-state index contributed by atoms with van der Waals surface area (Å²) in [4.78, 5) is 0. The summed E-state index contributed by atoms with van der Waals surface area (Å²) in [7, 11) is 0. The minimum absolute atomic E-state index is 0.0777. The van der Waals surface area contributed by atoms with Crippen molar-refractivity contribution >= 4 is 0 Å². The van der Waals surface area contributed by atoms with Crippen LogP contribution in [0.2, 0.25) is 0 Å². The Labute approximate surface area is 99.5 Å². The van der Waals surface area contributed by atoms with E-state index in [0.717, 1.165) is 11.8 Å². The molecule has 3 saturated carbocycles. The van der Waals surface area contributed by atoms with Crippen molar-refractivity contribution in [1.82, 2.24) is 0 Å². The van der Waals surface area contributed by atoms with Crippen molar-refractivity contribution < 1.29 is 0 Å². The maximum absolute atomic E-state index is 6.17. The first-order chi connectivity index (χ1) is 7.36. The average Bonchev–Trinajstić information content (AvgIpc) is 2.70. The van der Waals surface area contributed by atoms with E-state index in [2.05, 4.69) is 32.9 Å². The molecule has 0 aromatic carbocycles. The highest BCUT2D eigenvalue weighted by molar-refractivity contribution is 5.21. The number of rotatable bonds is 2. The molecule has 0 amide bonds. The molecule has 16 heavy (non-hydrogen) atoms. The second-order valence-electron chi connectivity index (χ2n) is 7.49. The largest absolute Gasteiger partial charge is 0.322 e. The average molecular weight is 219 g/mol. The van der Waals surface area contributed by atoms with E-state index >= 15 is 0 Å². The number of hydrogen-bond acceptors (Lipinski definition) is 1. The molecule has 3 rings (SSSR count). The molecule has 0 aromatic rings. The fourth-order valence-electron chi connectivity index (χ4n) is 4.42. The third kappa shape index (κ3) is 1.40. The monoisotopic (exact) mass is 219 g/mol. The smallest absolute Gasteiger partial charge is 0.0340 e. The zero-order chi connectivity index (χ0) is 11.6. The molecule has 0 heterocycles. The summed E-state index contributed by atoms with van der Waals surface area (Å²) in [6.45, 7) is 7.42. The zero-order valence-electron chi connectivity index (χ0n) is 10.9. The number of allylic oxidation sites excluding steroid dienone is 1. The van der Waals surface area contributed by atoms with Crippen LogP contribution >= 0.6 is 0 Å². The van der Waals surface area contributed by atoms with Crippen LogP contribution in [0.4, 0.5) is 0 Å². The van der Waals surface area contributed by atoms with Gasteiger partial charge < -0.3 is 5.73 Å². The molecular weight excluding hydrogens is 194 g/mol. The molecule has 0 aromatic heterocycles. The second-order valence-corrected chi connectivity index (χ2v) is 7.49. The van der Waals surface area contributed by atoms with Gasteiger partial charge in [-0.2, -0.15) is 0 Å². The van der Waals surface area contributed by atoms with E-state index in [0.29, 0.717) is 10.8 Å². The normalized spacial score (nSPS) is 47.8. The lowest BCUT2D eigenvalue weighted by Gasteiger charge is -2.41. The lowest BCUT2D eigenvalue weighted by Crippen LogP contribution is -2.34. The summed E-state index contributed by atoms with van der Waals surface area (Å²) in [5.41, 5.74) is 7.31. The number of fused-ring (bicyclic) bond motifs is 2. The highest BCUT2D eigenvalue weighted by atomic mass is 14.8. The summed E-state index contributed by atoms with van der Waals surface area (Å²) in [5, 5.41) is 0. The molecule has 2 bridgehead atoms. The molecule has 0 saturated heterocycles. The predicted molar refractivity (Wildman–Crippen MR) is 68.0 cm³/mol. The Balaban J connectivity index is 1.85. The van der Waals surface area contributed by atoms with Gasteiger partial charge in [-0.05, 0) is 54.8 Å². The van der Waals surface area contributed by atoms with Crippen molar-refractivity contribution in [2.75, 3.05) is 0 Å². The number of nitrogens with two attached hydrogens (primary N) is 1. The van der Waals surface area contributed by atoms with Crippen LogP contribution in [-0.2, 0) is 0 Å². The van der Waals surface area contributed by atoms with Gasteiger partial charge in [0.25, 0.3) is 0 Å². The summed E-state index contributed by atoms with van der Waals surface area (Å²) in [5.74, 6) is 1.69. The summed E-state index contributed by atoms with van der Waals surface area (Å²) in [6, 6.07) is 0. The van der Waals surface area contributed by atoms with Gasteiger partial charge in [0.1, 0.15) is 0 Å². The van der Waals surface area contributed by atoms with Gasteiger partial charge >= 0.3 is 0 Å². The molecule has 3 fully saturated rings. The lowest BCUT2D eigenvalue weighted by molar-refractivity contribution is 0.113. The molecule has 90 valence electrons. The summed E-state index contributed by atoms with van der Waals surface area (Å²) >= 11 is 0. The fourth-order valence-corrected chi connectivity index (χ4v) is 4.42. The van der Waals surface area contributed by atoms with Gasteiger partial charge in [-0.15, -0.1) is 0 Å². The maximum atomic E-state index is 6.17. The molecule has 0 radical (unpaired) electrons. The van der Waals surface area contributed by atoms with Crippen molar-refractivity contribution in [1.29, 1.82) is 0 Å². The molecule has 1 heteroatoms. The lowest BCUT2D eigenvalue weighted by atomic mass is 9.64. The first-order valence-corrected chi connectivity index (χ1v) is 6.84. The van der Waals surface area contributed by atoms with E-state index < -0.39 is 0 Å². The van der Waals surface area contributed by atoms with Gasteiger partial charge in [0.05, 0.1) is 0 Å². The predicted octanol–water partition coefficient (Wildman–Crippen LogP) is 3.50. The third-order valence-corrected chi connectivity index (χ3v) is 5.83. The first kappa shape index (κ1) is 10.8. The van der Waals surface area contributed by atoms with Crippen LogP contribution in [-0.4, -0.2) is 5.54 Å². The fraction of sp³-hybridized carbons (Fsp3) is 0.867. The van der Waals surface area contributed by atoms with Crippen LogP contribution < -0.4 is 5.73 Å². The van der Waals surface area contributed by atoms with E-state index in [-0.39, 0.29) is 5.54 Å². The van der Waals surface area contributed by atoms with Crippen LogP contribution in [0.5, 0.6) is 0 Å². The Bertz CT molecular complexity index is 333. The Morgan fingerprint density at radius 1 is 1.12 bits per heavy atom. The molecule has 0 aliphatic heterocycles. The van der Waals surface area contributed by atoms with Gasteiger partial charge in [-0.3, -0.25) is 0 Å². The van der Waals surface area contributed by atoms with Crippen LogP contribution in [0.15, 0.2) is 12.2 Å². The Morgan fingerprint density at radius 2 is 1.81 bits per heavy atom. The first-order valence-electron chi connectivity index (χ1n) is 6.84. The minimum Gasteiger partial charge on any atom is -0.322 e. The van der Waals surface area contributed by atoms with Crippen molar-refractivity contribution in [3.63, 3.8) is 0 Å². The van der Waals surface area contributed by atoms with Crippen molar-refractivity contribution in [2.24, 2.45) is 28.4 Å². The Kier molecular flexibility index (Phi) is 1.98. The van der Waals surface area contributed by atoms with E-state index in [1.165, 1.54) is 32.1 Å². The molecular formula is C15H25N. The van der Waals surface area contributed by atoms with Gasteiger partial charge in [-0.25, -0.2) is 0 Å². The van der Waals surface area contributed by atoms with Crippen molar-refractivity contribution in [3.05, 3.63) is 12.2 Å². The van der Waals surface area contributed by atoms with Gasteiger partial charge in [0, 0.05) is 5.54 Å². The topological polar surface area (TPSA) is 26.0 Å². The molecule has 1 nitrogen and oxygen atoms in total. The van der Waals surface area contributed by atoms with Gasteiger partial charge in [0.2, 0.25) is 0 Å². The Morgan fingerprint density at radius 3 is 2.31 bits per heavy atom. The quantitative estimate of drug-likeness (QED) is 0.707. The highest BCUT2D eigenvalue weighted by Crippen LogP contribution is 2.66. The van der Waals surface area contributed by atoms with Crippen LogP contribution in [0, 0.1) is 22.7 Å². The molecule has 3 aliphatic rings. The third-order valence-electron chi connectivity index (χ3n) is 5.83. The maximum Gasteiger partial charge on any atom is 0.0340 e. The van der Waals surface area contributed by atoms with Crippen LogP contribution in [0.3, 0.4) is 0 Å². The molecule has 2 N–H and O–H groups in total. The SMILES string of the molecule is CC12CCC(C1)C(C)(C)C2C=CC1(N)CC1. The van der Waals surface area contributed by atoms with E-state index in [1.54, 1.807) is 0 Å². The summed E-state index contributed by atoms with van der Waals surface area (Å²) in [6.07, 6.45) is 11.5. The van der Waals surface area contributed by atoms with E-state index in [1.807, 2.05) is 0 Å². The number of hydrogen-bond donors (Lipinski definition) is 1. The zero-order valence-corrected chi connectivity index (χ0v) is 10.9. The van der Waals surface area contributed by atoms with Crippen molar-refractivity contribution in [3.8, 4) is 0 Å². The highest BCUT2D eigenvalue weighted by Gasteiger charge is 2.58.